The number of rotatable bonds is 7. The van der Waals surface area contributed by atoms with Crippen LogP contribution < -0.4 is 5.32 Å². The van der Waals surface area contributed by atoms with Gasteiger partial charge in [0.15, 0.2) is 11.7 Å². The maximum atomic E-state index is 12.2. The van der Waals surface area contributed by atoms with Gasteiger partial charge in [-0.3, -0.25) is 4.79 Å². The summed E-state index contributed by atoms with van der Waals surface area (Å²) in [6.07, 6.45) is 2.35. The van der Waals surface area contributed by atoms with E-state index in [-0.39, 0.29) is 5.91 Å². The minimum absolute atomic E-state index is 0.0745. The Bertz CT molecular complexity index is 921. The Morgan fingerprint density at radius 1 is 1.19 bits per heavy atom. The normalized spacial score (nSPS) is 11.0. The number of carbonyl (C=O) groups excluding carboxylic acids is 1. The molecule has 0 aliphatic heterocycles. The molecule has 1 N–H and O–H groups in total. The molecule has 1 amide bonds. The molecule has 27 heavy (non-hydrogen) atoms. The Hall–Kier alpha value is -2.63. The molecule has 0 spiro atoms. The highest BCUT2D eigenvalue weighted by Crippen LogP contribution is 2.28. The highest BCUT2D eigenvalue weighted by Gasteiger charge is 2.11. The lowest BCUT2D eigenvalue weighted by atomic mass is 10.2. The molecule has 0 bridgehead atoms. The monoisotopic (exact) mass is 383 g/mol. The number of hydrogen-bond donors (Lipinski definition) is 1. The smallest absolute Gasteiger partial charge is 0.224 e. The number of nitrogens with zero attached hydrogens (tertiary/aromatic N) is 2. The molecule has 0 radical (unpaired) electrons. The Morgan fingerprint density at radius 3 is 2.78 bits per heavy atom. The second-order valence-corrected chi connectivity index (χ2v) is 6.99. The average Bonchev–Trinajstić information content (AvgIpc) is 3.09. The fourth-order valence-corrected chi connectivity index (χ4v) is 3.00. The number of aryl methyl sites for hydroxylation is 1. The molecule has 0 aliphatic carbocycles. The van der Waals surface area contributed by atoms with Gasteiger partial charge in [-0.1, -0.05) is 35.9 Å². The molecule has 0 fully saturated rings. The molecule has 0 saturated heterocycles. The first-order valence-corrected chi connectivity index (χ1v) is 9.12. The summed E-state index contributed by atoms with van der Waals surface area (Å²) < 4.78 is 5.73. The molecule has 2 aromatic carbocycles. The first kappa shape index (κ1) is 19.1. The minimum atomic E-state index is -0.0745. The van der Waals surface area contributed by atoms with E-state index in [1.165, 1.54) is 0 Å². The largest absolute Gasteiger partial charge is 0.441 e. The summed E-state index contributed by atoms with van der Waals surface area (Å²) in [6.45, 7) is 0.824. The zero-order valence-corrected chi connectivity index (χ0v) is 16.2. The van der Waals surface area contributed by atoms with Crippen molar-refractivity contribution in [3.63, 3.8) is 0 Å². The van der Waals surface area contributed by atoms with Gasteiger partial charge in [-0.2, -0.15) is 0 Å². The summed E-state index contributed by atoms with van der Waals surface area (Å²) in [5.41, 5.74) is 2.73. The third-order valence-corrected chi connectivity index (χ3v) is 4.30. The molecule has 0 atom stereocenters. The molecular weight excluding hydrogens is 362 g/mol. The highest BCUT2D eigenvalue weighted by atomic mass is 35.5. The van der Waals surface area contributed by atoms with Crippen LogP contribution in [0.2, 0.25) is 5.02 Å². The lowest BCUT2D eigenvalue weighted by molar-refractivity contribution is -0.116. The standard InChI is InChI=1S/C21H22ClN3O2/c1-25(2)14-15-6-5-7-16(12-15)24-20(26)10-11-21-23-13-19(27-21)17-8-3-4-9-18(17)22/h3-9,12-13H,10-11,14H2,1-2H3,(H,24,26). The number of anilines is 1. The summed E-state index contributed by atoms with van der Waals surface area (Å²) in [7, 11) is 4.02. The van der Waals surface area contributed by atoms with Gasteiger partial charge in [-0.15, -0.1) is 0 Å². The van der Waals surface area contributed by atoms with Gasteiger partial charge in [-0.25, -0.2) is 4.98 Å². The second-order valence-electron chi connectivity index (χ2n) is 6.58. The third-order valence-electron chi connectivity index (χ3n) is 3.97. The van der Waals surface area contributed by atoms with Crippen LogP contribution in [0.1, 0.15) is 17.9 Å². The van der Waals surface area contributed by atoms with Crippen molar-refractivity contribution in [2.24, 2.45) is 0 Å². The van der Waals surface area contributed by atoms with Gasteiger partial charge in [-0.05, 0) is 43.9 Å². The van der Waals surface area contributed by atoms with Crippen molar-refractivity contribution in [1.29, 1.82) is 0 Å². The van der Waals surface area contributed by atoms with Crippen LogP contribution in [0.4, 0.5) is 5.69 Å². The van der Waals surface area contributed by atoms with Crippen LogP contribution in [-0.4, -0.2) is 29.9 Å². The third kappa shape index (κ3) is 5.42. The van der Waals surface area contributed by atoms with E-state index in [9.17, 15) is 4.79 Å². The van der Waals surface area contributed by atoms with Crippen molar-refractivity contribution in [2.75, 3.05) is 19.4 Å². The Balaban J connectivity index is 1.56. The minimum Gasteiger partial charge on any atom is -0.441 e. The molecule has 0 unspecified atom stereocenters. The highest BCUT2D eigenvalue weighted by molar-refractivity contribution is 6.33. The molecular formula is C21H22ClN3O2. The summed E-state index contributed by atoms with van der Waals surface area (Å²) in [5, 5.41) is 3.53. The van der Waals surface area contributed by atoms with Crippen molar-refractivity contribution in [3.05, 3.63) is 71.2 Å². The fraction of sp³-hybridized carbons (Fsp3) is 0.238. The zero-order chi connectivity index (χ0) is 19.2. The summed E-state index contributed by atoms with van der Waals surface area (Å²) >= 11 is 6.18. The number of halogens is 1. The number of nitrogens with one attached hydrogen (secondary N) is 1. The number of carbonyl (C=O) groups is 1. The lowest BCUT2D eigenvalue weighted by Gasteiger charge is -2.11. The van der Waals surface area contributed by atoms with Crippen LogP contribution in [0.25, 0.3) is 11.3 Å². The Morgan fingerprint density at radius 2 is 2.00 bits per heavy atom. The SMILES string of the molecule is CN(C)Cc1cccc(NC(=O)CCc2ncc(-c3ccccc3Cl)o2)c1. The molecule has 0 aliphatic rings. The molecule has 0 saturated carbocycles. The van der Waals surface area contributed by atoms with E-state index in [0.29, 0.717) is 29.5 Å². The lowest BCUT2D eigenvalue weighted by Crippen LogP contribution is -2.14. The average molecular weight is 384 g/mol. The van der Waals surface area contributed by atoms with Gasteiger partial charge in [0.2, 0.25) is 5.91 Å². The van der Waals surface area contributed by atoms with E-state index in [0.717, 1.165) is 23.4 Å². The van der Waals surface area contributed by atoms with Crippen LogP contribution in [-0.2, 0) is 17.8 Å². The topological polar surface area (TPSA) is 58.4 Å². The van der Waals surface area contributed by atoms with Crippen molar-refractivity contribution in [2.45, 2.75) is 19.4 Å². The maximum Gasteiger partial charge on any atom is 0.224 e. The zero-order valence-electron chi connectivity index (χ0n) is 15.4. The number of aromatic nitrogens is 1. The van der Waals surface area contributed by atoms with Gasteiger partial charge in [0.1, 0.15) is 0 Å². The summed E-state index contributed by atoms with van der Waals surface area (Å²) in [6, 6.07) is 15.3. The molecule has 6 heteroatoms. The quantitative estimate of drug-likeness (QED) is 0.646. The summed E-state index contributed by atoms with van der Waals surface area (Å²) in [4.78, 5) is 18.6. The van der Waals surface area contributed by atoms with E-state index in [4.69, 9.17) is 16.0 Å². The van der Waals surface area contributed by atoms with Gasteiger partial charge in [0, 0.05) is 30.6 Å². The van der Waals surface area contributed by atoms with Crippen LogP contribution in [0, 0.1) is 0 Å². The molecule has 1 aromatic heterocycles. The van der Waals surface area contributed by atoms with Gasteiger partial charge in [0.25, 0.3) is 0 Å². The molecule has 1 heterocycles. The van der Waals surface area contributed by atoms with E-state index >= 15 is 0 Å². The van der Waals surface area contributed by atoms with E-state index < -0.39 is 0 Å². The van der Waals surface area contributed by atoms with Crippen LogP contribution >= 0.6 is 11.6 Å². The Kier molecular flexibility index (Phi) is 6.27. The van der Waals surface area contributed by atoms with Crippen molar-refractivity contribution >= 4 is 23.2 Å². The van der Waals surface area contributed by atoms with Gasteiger partial charge in [0.05, 0.1) is 11.2 Å². The van der Waals surface area contributed by atoms with Crippen molar-refractivity contribution in [1.82, 2.24) is 9.88 Å². The predicted molar refractivity (Wildman–Crippen MR) is 108 cm³/mol. The van der Waals surface area contributed by atoms with Crippen molar-refractivity contribution in [3.8, 4) is 11.3 Å². The fourth-order valence-electron chi connectivity index (χ4n) is 2.77. The van der Waals surface area contributed by atoms with Crippen LogP contribution in [0.15, 0.2) is 59.1 Å². The van der Waals surface area contributed by atoms with E-state index in [2.05, 4.69) is 15.2 Å². The molecule has 3 aromatic rings. The van der Waals surface area contributed by atoms with E-state index in [1.807, 2.05) is 56.6 Å². The second kappa shape index (κ2) is 8.84. The molecule has 5 nitrogen and oxygen atoms in total. The van der Waals surface area contributed by atoms with Gasteiger partial charge < -0.3 is 14.6 Å². The van der Waals surface area contributed by atoms with Crippen LogP contribution in [0.3, 0.4) is 0 Å². The Labute approximate surface area is 164 Å². The first-order chi connectivity index (χ1) is 13.0. The predicted octanol–water partition coefficient (Wildman–Crippen LogP) is 4.63. The van der Waals surface area contributed by atoms with Crippen molar-refractivity contribution < 1.29 is 9.21 Å². The number of oxazole rings is 1. The molecule has 3 rings (SSSR count). The molecule has 140 valence electrons. The number of amides is 1. The van der Waals surface area contributed by atoms with Gasteiger partial charge >= 0.3 is 0 Å². The number of benzene rings is 2. The number of hydrogen-bond acceptors (Lipinski definition) is 4. The van der Waals surface area contributed by atoms with E-state index in [1.54, 1.807) is 12.3 Å². The maximum absolute atomic E-state index is 12.2. The van der Waals surface area contributed by atoms with Crippen LogP contribution in [0.5, 0.6) is 0 Å². The summed E-state index contributed by atoms with van der Waals surface area (Å²) in [5.74, 6) is 1.04. The first-order valence-electron chi connectivity index (χ1n) is 8.74.